The van der Waals surface area contributed by atoms with Gasteiger partial charge in [-0.15, -0.1) is 15.3 Å². The van der Waals surface area contributed by atoms with Crippen molar-refractivity contribution >= 4 is 11.5 Å². The van der Waals surface area contributed by atoms with E-state index in [1.807, 2.05) is 18.2 Å². The molecular weight excluding hydrogens is 293 g/mol. The van der Waals surface area contributed by atoms with Crippen LogP contribution in [0.3, 0.4) is 0 Å². The van der Waals surface area contributed by atoms with Crippen LogP contribution in [-0.4, -0.2) is 19.8 Å². The fourth-order valence-electron chi connectivity index (χ4n) is 2.36. The second-order valence-electron chi connectivity index (χ2n) is 6.70. The summed E-state index contributed by atoms with van der Waals surface area (Å²) in [4.78, 5) is 0. The minimum atomic E-state index is -0.187. The van der Waals surface area contributed by atoms with E-state index >= 15 is 0 Å². The van der Waals surface area contributed by atoms with Gasteiger partial charge >= 0.3 is 0 Å². The molecule has 6 heteroatoms. The number of rotatable bonds is 3. The molecule has 3 aromatic rings. The van der Waals surface area contributed by atoms with Crippen molar-refractivity contribution in [2.24, 2.45) is 0 Å². The molecule has 0 unspecified atom stereocenters. The third kappa shape index (κ3) is 3.16. The Hall–Kier alpha value is -2.50. The summed E-state index contributed by atoms with van der Waals surface area (Å²) >= 11 is 0. The molecule has 0 aliphatic carbocycles. The van der Waals surface area contributed by atoms with Crippen molar-refractivity contribution in [3.63, 3.8) is 0 Å². The number of benzene rings is 1. The van der Waals surface area contributed by atoms with Crippen molar-refractivity contribution in [1.82, 2.24) is 19.8 Å². The van der Waals surface area contributed by atoms with Crippen LogP contribution >= 0.6 is 0 Å². The lowest BCUT2D eigenvalue weighted by atomic mass is 9.96. The highest BCUT2D eigenvalue weighted by molar-refractivity contribution is 5.45. The van der Waals surface area contributed by atoms with Crippen LogP contribution in [0.25, 0.3) is 5.65 Å². The van der Waals surface area contributed by atoms with Gasteiger partial charge in [0.2, 0.25) is 0 Å². The smallest absolute Gasteiger partial charge is 0.178 e. The topological polar surface area (TPSA) is 55.1 Å². The van der Waals surface area contributed by atoms with Crippen molar-refractivity contribution in [1.29, 1.82) is 0 Å². The first-order chi connectivity index (χ1) is 10.8. The maximum atomic E-state index is 13.3. The van der Waals surface area contributed by atoms with Gasteiger partial charge in [-0.3, -0.25) is 0 Å². The van der Waals surface area contributed by atoms with Crippen LogP contribution in [0.15, 0.2) is 30.3 Å². The van der Waals surface area contributed by atoms with Crippen LogP contribution in [0, 0.1) is 12.7 Å². The summed E-state index contributed by atoms with van der Waals surface area (Å²) in [5, 5.41) is 16.2. The molecule has 23 heavy (non-hydrogen) atoms. The summed E-state index contributed by atoms with van der Waals surface area (Å²) in [5.41, 5.74) is 2.23. The monoisotopic (exact) mass is 313 g/mol. The lowest BCUT2D eigenvalue weighted by Crippen LogP contribution is -2.17. The van der Waals surface area contributed by atoms with Gasteiger partial charge in [-0.25, -0.2) is 4.39 Å². The minimum Gasteiger partial charge on any atom is -0.365 e. The van der Waals surface area contributed by atoms with Gasteiger partial charge in [0.15, 0.2) is 11.5 Å². The molecule has 0 fully saturated rings. The highest BCUT2D eigenvalue weighted by Gasteiger charge is 2.21. The third-order valence-electron chi connectivity index (χ3n) is 3.63. The zero-order valence-corrected chi connectivity index (χ0v) is 13.8. The van der Waals surface area contributed by atoms with E-state index in [0.29, 0.717) is 12.1 Å². The summed E-state index contributed by atoms with van der Waals surface area (Å²) in [6, 6.07) is 8.84. The van der Waals surface area contributed by atoms with Gasteiger partial charge in [-0.1, -0.05) is 32.9 Å². The fourth-order valence-corrected chi connectivity index (χ4v) is 2.36. The van der Waals surface area contributed by atoms with Crippen molar-refractivity contribution < 1.29 is 4.39 Å². The molecule has 2 aromatic heterocycles. The van der Waals surface area contributed by atoms with Gasteiger partial charge in [0, 0.05) is 12.0 Å². The van der Waals surface area contributed by atoms with Gasteiger partial charge in [0.05, 0.1) is 0 Å². The van der Waals surface area contributed by atoms with Gasteiger partial charge < -0.3 is 5.32 Å². The first kappa shape index (κ1) is 15.4. The van der Waals surface area contributed by atoms with E-state index < -0.39 is 0 Å². The molecule has 0 aliphatic heterocycles. The van der Waals surface area contributed by atoms with E-state index in [0.717, 1.165) is 22.9 Å². The van der Waals surface area contributed by atoms with E-state index in [9.17, 15) is 4.39 Å². The summed E-state index contributed by atoms with van der Waals surface area (Å²) in [6.45, 7) is 8.56. The molecule has 0 saturated heterocycles. The molecule has 0 amide bonds. The molecule has 120 valence electrons. The lowest BCUT2D eigenvalue weighted by molar-refractivity contribution is 0.527. The van der Waals surface area contributed by atoms with Gasteiger partial charge in [-0.2, -0.15) is 4.52 Å². The second kappa shape index (κ2) is 5.61. The van der Waals surface area contributed by atoms with Gasteiger partial charge in [0.1, 0.15) is 11.6 Å². The minimum absolute atomic E-state index is 0.140. The van der Waals surface area contributed by atoms with Crippen molar-refractivity contribution in [2.45, 2.75) is 39.7 Å². The van der Waals surface area contributed by atoms with Crippen LogP contribution in [0.4, 0.5) is 10.2 Å². The summed E-state index contributed by atoms with van der Waals surface area (Å²) < 4.78 is 15.1. The molecule has 0 bridgehead atoms. The van der Waals surface area contributed by atoms with E-state index in [1.165, 1.54) is 6.07 Å². The number of fused-ring (bicyclic) bond motifs is 1. The SMILES string of the molecule is Cc1cc(CNc2ccc3nnc(C(C)(C)C)n3n2)ccc1F. The maximum absolute atomic E-state index is 13.3. The van der Waals surface area contributed by atoms with E-state index in [4.69, 9.17) is 0 Å². The highest BCUT2D eigenvalue weighted by Crippen LogP contribution is 2.21. The quantitative estimate of drug-likeness (QED) is 0.804. The Morgan fingerprint density at radius 1 is 1.13 bits per heavy atom. The maximum Gasteiger partial charge on any atom is 0.178 e. The van der Waals surface area contributed by atoms with Crippen LogP contribution in [0.2, 0.25) is 0 Å². The first-order valence-corrected chi connectivity index (χ1v) is 7.56. The molecule has 5 nitrogen and oxygen atoms in total. The Bertz CT molecular complexity index is 848. The van der Waals surface area contributed by atoms with E-state index in [-0.39, 0.29) is 11.2 Å². The van der Waals surface area contributed by atoms with Gasteiger partial charge in [0.25, 0.3) is 0 Å². The first-order valence-electron chi connectivity index (χ1n) is 7.56. The summed E-state index contributed by atoms with van der Waals surface area (Å²) in [6.07, 6.45) is 0. The highest BCUT2D eigenvalue weighted by atomic mass is 19.1. The standard InChI is InChI=1S/C17H20FN5/c1-11-9-12(5-6-13(11)18)10-19-14-7-8-15-20-21-16(17(2,3)4)23(15)22-14/h5-9H,10H2,1-4H3,(H,19,22). The van der Waals surface area contributed by atoms with Crippen molar-refractivity contribution in [3.8, 4) is 0 Å². The van der Waals surface area contributed by atoms with Crippen LogP contribution in [0.5, 0.6) is 0 Å². The lowest BCUT2D eigenvalue weighted by Gasteiger charge is -2.15. The molecule has 1 N–H and O–H groups in total. The van der Waals surface area contributed by atoms with Crippen molar-refractivity contribution in [2.75, 3.05) is 5.32 Å². The zero-order valence-electron chi connectivity index (χ0n) is 13.8. The number of anilines is 1. The number of hydrogen-bond acceptors (Lipinski definition) is 4. The third-order valence-corrected chi connectivity index (χ3v) is 3.63. The molecule has 0 atom stereocenters. The van der Waals surface area contributed by atoms with Crippen LogP contribution < -0.4 is 5.32 Å². The average Bonchev–Trinajstić information content (AvgIpc) is 2.91. The summed E-state index contributed by atoms with van der Waals surface area (Å²) in [7, 11) is 0. The number of nitrogens with one attached hydrogen (secondary N) is 1. The molecule has 0 aliphatic rings. The van der Waals surface area contributed by atoms with E-state index in [2.05, 4.69) is 41.4 Å². The molecule has 1 aromatic carbocycles. The number of aryl methyl sites for hydroxylation is 1. The Morgan fingerprint density at radius 3 is 2.61 bits per heavy atom. The normalized spacial score (nSPS) is 11.9. The predicted molar refractivity (Wildman–Crippen MR) is 87.9 cm³/mol. The summed E-state index contributed by atoms with van der Waals surface area (Å²) in [5.74, 6) is 1.35. The fraction of sp³-hybridized carbons (Fsp3) is 0.353. The Morgan fingerprint density at radius 2 is 1.91 bits per heavy atom. The number of aromatic nitrogens is 4. The molecule has 0 spiro atoms. The zero-order chi connectivity index (χ0) is 16.6. The molecule has 0 radical (unpaired) electrons. The van der Waals surface area contributed by atoms with Crippen molar-refractivity contribution in [3.05, 3.63) is 53.1 Å². The Labute approximate surface area is 134 Å². The molecule has 3 rings (SSSR count). The molecular formula is C17H20FN5. The number of hydrogen-bond donors (Lipinski definition) is 1. The molecule has 0 saturated carbocycles. The van der Waals surface area contributed by atoms with Gasteiger partial charge in [-0.05, 0) is 36.2 Å². The van der Waals surface area contributed by atoms with E-state index in [1.54, 1.807) is 17.5 Å². The van der Waals surface area contributed by atoms with Crippen LogP contribution in [0.1, 0.15) is 37.7 Å². The largest absolute Gasteiger partial charge is 0.365 e. The number of nitrogens with zero attached hydrogens (tertiary/aromatic N) is 4. The Kier molecular flexibility index (Phi) is 3.75. The number of halogens is 1. The average molecular weight is 313 g/mol. The predicted octanol–water partition coefficient (Wildman–Crippen LogP) is 3.48. The molecule has 2 heterocycles. The Balaban J connectivity index is 1.84. The van der Waals surface area contributed by atoms with Crippen LogP contribution in [-0.2, 0) is 12.0 Å². The second-order valence-corrected chi connectivity index (χ2v) is 6.70.